The Bertz CT molecular complexity index is 1160. The van der Waals surface area contributed by atoms with Crippen molar-refractivity contribution in [3.05, 3.63) is 72.3 Å². The van der Waals surface area contributed by atoms with Crippen LogP contribution in [0.5, 0.6) is 11.5 Å². The molecule has 0 aliphatic heterocycles. The van der Waals surface area contributed by atoms with Gasteiger partial charge in [0.1, 0.15) is 22.7 Å². The number of hydrogen-bond donors (Lipinski definition) is 0. The summed E-state index contributed by atoms with van der Waals surface area (Å²) >= 11 is 0. The number of ether oxygens (including phenoxy) is 3. The van der Waals surface area contributed by atoms with Gasteiger partial charge >= 0.3 is 18.1 Å². The fraction of sp³-hybridized carbons (Fsp3) is 0.357. The van der Waals surface area contributed by atoms with Gasteiger partial charge in [0.2, 0.25) is 0 Å². The van der Waals surface area contributed by atoms with Gasteiger partial charge in [0.15, 0.2) is 0 Å². The minimum absolute atomic E-state index is 0.0110. The van der Waals surface area contributed by atoms with Crippen LogP contribution in [0.4, 0.5) is 13.2 Å². The van der Waals surface area contributed by atoms with E-state index in [1.807, 2.05) is 13.8 Å². The van der Waals surface area contributed by atoms with E-state index in [0.29, 0.717) is 23.3 Å². The predicted octanol–water partition coefficient (Wildman–Crippen LogP) is 7.30. The van der Waals surface area contributed by atoms with E-state index in [2.05, 4.69) is 13.2 Å². The highest BCUT2D eigenvalue weighted by Gasteiger charge is 2.36. The highest BCUT2D eigenvalue weighted by atomic mass is 19.4. The van der Waals surface area contributed by atoms with Gasteiger partial charge in [0.05, 0.1) is 5.56 Å². The van der Waals surface area contributed by atoms with E-state index in [1.54, 1.807) is 45.0 Å². The lowest BCUT2D eigenvalue weighted by molar-refractivity contribution is -0.155. The smallest absolute Gasteiger partial charge is 0.420 e. The van der Waals surface area contributed by atoms with Crippen molar-refractivity contribution in [3.8, 4) is 22.6 Å². The van der Waals surface area contributed by atoms with Gasteiger partial charge in [0, 0.05) is 17.6 Å². The minimum Gasteiger partial charge on any atom is -0.488 e. The van der Waals surface area contributed by atoms with Crippen LogP contribution in [0.15, 0.2) is 66.8 Å². The number of halogens is 3. The van der Waals surface area contributed by atoms with E-state index >= 15 is 0 Å². The Morgan fingerprint density at radius 2 is 1.33 bits per heavy atom. The number of carbonyl (C=O) groups is 2. The Kier molecular flexibility index (Phi) is 8.45. The summed E-state index contributed by atoms with van der Waals surface area (Å²) in [5.74, 6) is -1.52. The van der Waals surface area contributed by atoms with Crippen LogP contribution < -0.4 is 9.47 Å². The number of benzene rings is 2. The molecule has 0 aromatic heterocycles. The monoisotopic (exact) mass is 504 g/mol. The molecule has 2 aromatic carbocycles. The average molecular weight is 505 g/mol. The van der Waals surface area contributed by atoms with Crippen molar-refractivity contribution in [1.82, 2.24) is 0 Å². The second kappa shape index (κ2) is 10.6. The third-order valence-corrected chi connectivity index (χ3v) is 4.99. The summed E-state index contributed by atoms with van der Waals surface area (Å²) in [6.07, 6.45) is -4.35. The second-order valence-corrected chi connectivity index (χ2v) is 9.87. The van der Waals surface area contributed by atoms with Gasteiger partial charge in [0.25, 0.3) is 0 Å². The summed E-state index contributed by atoms with van der Waals surface area (Å²) in [6, 6.07) is 10.0. The van der Waals surface area contributed by atoms with Crippen LogP contribution in [-0.2, 0) is 20.5 Å². The Hall–Kier alpha value is -3.55. The molecule has 5 nitrogen and oxygen atoms in total. The molecule has 0 N–H and O–H groups in total. The van der Waals surface area contributed by atoms with E-state index in [4.69, 9.17) is 14.2 Å². The van der Waals surface area contributed by atoms with E-state index in [-0.39, 0.29) is 11.1 Å². The molecule has 0 fully saturated rings. The Balaban J connectivity index is 2.23. The van der Waals surface area contributed by atoms with Crippen LogP contribution >= 0.6 is 0 Å². The van der Waals surface area contributed by atoms with Crippen molar-refractivity contribution >= 4 is 11.9 Å². The van der Waals surface area contributed by atoms with E-state index < -0.39 is 40.6 Å². The third-order valence-electron chi connectivity index (χ3n) is 4.99. The Morgan fingerprint density at radius 3 is 1.83 bits per heavy atom. The quantitative estimate of drug-likeness (QED) is 0.204. The maximum absolute atomic E-state index is 13.6. The van der Waals surface area contributed by atoms with Crippen LogP contribution in [-0.4, -0.2) is 23.1 Å². The van der Waals surface area contributed by atoms with Crippen molar-refractivity contribution < 1.29 is 37.0 Å². The van der Waals surface area contributed by atoms with Crippen molar-refractivity contribution in [2.75, 3.05) is 0 Å². The number of esters is 2. The number of alkyl halides is 3. The van der Waals surface area contributed by atoms with Gasteiger partial charge in [-0.15, -0.1) is 0 Å². The van der Waals surface area contributed by atoms with Gasteiger partial charge in [-0.25, -0.2) is 9.59 Å². The van der Waals surface area contributed by atoms with Crippen molar-refractivity contribution in [2.24, 2.45) is 0 Å². The number of hydrogen-bond acceptors (Lipinski definition) is 5. The van der Waals surface area contributed by atoms with Crippen molar-refractivity contribution in [1.29, 1.82) is 0 Å². The van der Waals surface area contributed by atoms with Gasteiger partial charge in [-0.1, -0.05) is 31.4 Å². The standard InChI is InChI=1S/C28H31F3O5/c1-17(2)24(32)34-23-14-11-20(15-22(23)28(29,30)31)19-9-12-21(13-10-19)35-26(5,6)16-27(7,8)36-25(33)18(3)4/h9-15H,1,3,16H2,2,4-8H3. The third kappa shape index (κ3) is 8.00. The molecule has 0 atom stereocenters. The zero-order valence-corrected chi connectivity index (χ0v) is 21.3. The molecule has 0 unspecified atom stereocenters. The molecular weight excluding hydrogens is 473 g/mol. The first-order valence-electron chi connectivity index (χ1n) is 11.2. The molecule has 2 rings (SSSR count). The van der Waals surface area contributed by atoms with Crippen molar-refractivity contribution in [3.63, 3.8) is 0 Å². The molecule has 0 aliphatic carbocycles. The largest absolute Gasteiger partial charge is 0.488 e. The zero-order valence-electron chi connectivity index (χ0n) is 21.3. The summed E-state index contributed by atoms with van der Waals surface area (Å²) in [5.41, 5.74) is -1.52. The lowest BCUT2D eigenvalue weighted by Gasteiger charge is -2.35. The fourth-order valence-corrected chi connectivity index (χ4v) is 3.68. The van der Waals surface area contributed by atoms with Gasteiger partial charge in [-0.05, 0) is 76.9 Å². The number of carbonyl (C=O) groups excluding carboxylic acids is 2. The maximum atomic E-state index is 13.6. The molecule has 0 spiro atoms. The lowest BCUT2D eigenvalue weighted by Crippen LogP contribution is -2.40. The highest BCUT2D eigenvalue weighted by Crippen LogP contribution is 2.39. The molecule has 0 saturated carbocycles. The molecule has 2 aromatic rings. The molecule has 0 radical (unpaired) electrons. The first-order chi connectivity index (χ1) is 16.4. The van der Waals surface area contributed by atoms with Crippen LogP contribution in [0.25, 0.3) is 11.1 Å². The van der Waals surface area contributed by atoms with E-state index in [9.17, 15) is 22.8 Å². The predicted molar refractivity (Wildman–Crippen MR) is 132 cm³/mol. The Labute approximate surface area is 209 Å². The lowest BCUT2D eigenvalue weighted by atomic mass is 9.92. The SMILES string of the molecule is C=C(C)C(=O)Oc1ccc(-c2ccc(OC(C)(C)CC(C)(C)OC(=O)C(=C)C)cc2)cc1C(F)(F)F. The molecule has 0 aliphatic rings. The summed E-state index contributed by atoms with van der Waals surface area (Å²) in [5, 5.41) is 0. The first kappa shape index (κ1) is 28.7. The summed E-state index contributed by atoms with van der Waals surface area (Å²) in [4.78, 5) is 23.6. The molecule has 8 heteroatoms. The summed E-state index contributed by atoms with van der Waals surface area (Å²) in [6.45, 7) is 17.1. The highest BCUT2D eigenvalue weighted by molar-refractivity contribution is 5.89. The summed E-state index contributed by atoms with van der Waals surface area (Å²) in [7, 11) is 0. The van der Waals surface area contributed by atoms with Crippen LogP contribution in [0, 0.1) is 0 Å². The number of rotatable bonds is 9. The molecule has 194 valence electrons. The molecule has 0 saturated heterocycles. The molecular formula is C28H31F3O5. The van der Waals surface area contributed by atoms with E-state index in [1.165, 1.54) is 13.0 Å². The molecule has 0 amide bonds. The Morgan fingerprint density at radius 1 is 0.806 bits per heavy atom. The molecule has 0 bridgehead atoms. The molecule has 0 heterocycles. The van der Waals surface area contributed by atoms with Gasteiger partial charge < -0.3 is 14.2 Å². The average Bonchev–Trinajstić information content (AvgIpc) is 2.72. The summed E-state index contributed by atoms with van der Waals surface area (Å²) < 4.78 is 57.3. The van der Waals surface area contributed by atoms with Crippen molar-refractivity contribution in [2.45, 2.75) is 65.3 Å². The van der Waals surface area contributed by atoms with Gasteiger partial charge in [-0.3, -0.25) is 0 Å². The first-order valence-corrected chi connectivity index (χ1v) is 11.2. The fourth-order valence-electron chi connectivity index (χ4n) is 3.68. The minimum atomic E-state index is -4.73. The molecule has 36 heavy (non-hydrogen) atoms. The topological polar surface area (TPSA) is 61.8 Å². The second-order valence-electron chi connectivity index (χ2n) is 9.87. The zero-order chi connectivity index (χ0) is 27.5. The van der Waals surface area contributed by atoms with E-state index in [0.717, 1.165) is 12.1 Å². The normalized spacial score (nSPS) is 12.0. The van der Waals surface area contributed by atoms with Gasteiger partial charge in [-0.2, -0.15) is 13.2 Å². The van der Waals surface area contributed by atoms with Crippen LogP contribution in [0.3, 0.4) is 0 Å². The van der Waals surface area contributed by atoms with Crippen LogP contribution in [0.2, 0.25) is 0 Å². The van der Waals surface area contributed by atoms with Crippen LogP contribution in [0.1, 0.15) is 53.5 Å². The maximum Gasteiger partial charge on any atom is 0.420 e.